The van der Waals surface area contributed by atoms with Crippen molar-refractivity contribution >= 4 is 17.7 Å². The van der Waals surface area contributed by atoms with Gasteiger partial charge in [0.2, 0.25) is 11.9 Å². The third-order valence-electron chi connectivity index (χ3n) is 7.30. The molecule has 0 aromatic carbocycles. The van der Waals surface area contributed by atoms with Crippen LogP contribution in [-0.4, -0.2) is 42.6 Å². The first-order chi connectivity index (χ1) is 14.6. The average molecular weight is 414 g/mol. The van der Waals surface area contributed by atoms with Gasteiger partial charge in [-0.25, -0.2) is 4.98 Å². The van der Waals surface area contributed by atoms with Crippen molar-refractivity contribution in [2.24, 2.45) is 11.8 Å². The molecule has 2 N–H and O–H groups in total. The Hall–Kier alpha value is -1.85. The summed E-state index contributed by atoms with van der Waals surface area (Å²) < 4.78 is 0. The number of carbonyl (C=O) groups is 1. The Bertz CT molecular complexity index is 721. The van der Waals surface area contributed by atoms with E-state index in [4.69, 9.17) is 9.97 Å². The third-order valence-corrected chi connectivity index (χ3v) is 7.30. The van der Waals surface area contributed by atoms with E-state index in [1.807, 2.05) is 0 Å². The Morgan fingerprint density at radius 3 is 2.40 bits per heavy atom. The second-order valence-corrected chi connectivity index (χ2v) is 9.92. The zero-order valence-corrected chi connectivity index (χ0v) is 18.9. The molecular formula is C24H39N5O. The topological polar surface area (TPSA) is 70.2 Å². The first-order valence-corrected chi connectivity index (χ1v) is 12.2. The first-order valence-electron chi connectivity index (χ1n) is 12.2. The normalized spacial score (nSPS) is 24.3. The van der Waals surface area contributed by atoms with Crippen molar-refractivity contribution in [3.05, 3.63) is 11.3 Å². The van der Waals surface area contributed by atoms with E-state index in [0.29, 0.717) is 17.9 Å². The van der Waals surface area contributed by atoms with Gasteiger partial charge in [-0.3, -0.25) is 4.79 Å². The minimum atomic E-state index is 0.265. The van der Waals surface area contributed by atoms with Crippen molar-refractivity contribution in [2.75, 3.05) is 30.9 Å². The van der Waals surface area contributed by atoms with Crippen LogP contribution in [0.4, 0.5) is 11.8 Å². The summed E-state index contributed by atoms with van der Waals surface area (Å²) in [6, 6.07) is 0.437. The fourth-order valence-electron chi connectivity index (χ4n) is 5.51. The van der Waals surface area contributed by atoms with Crippen LogP contribution in [-0.2, 0) is 17.6 Å². The number of anilines is 2. The summed E-state index contributed by atoms with van der Waals surface area (Å²) in [6.45, 7) is 0.846. The molecule has 166 valence electrons. The van der Waals surface area contributed by atoms with Crippen LogP contribution in [0.1, 0.15) is 81.9 Å². The Morgan fingerprint density at radius 1 is 0.933 bits per heavy atom. The van der Waals surface area contributed by atoms with Gasteiger partial charge in [0.05, 0.1) is 5.69 Å². The molecule has 2 fully saturated rings. The Balaban J connectivity index is 1.24. The lowest BCUT2D eigenvalue weighted by molar-refractivity contribution is -0.122. The number of aryl methyl sites for hydroxylation is 1. The molecule has 1 amide bonds. The molecule has 4 rings (SSSR count). The first kappa shape index (κ1) is 21.4. The van der Waals surface area contributed by atoms with Gasteiger partial charge in [0.1, 0.15) is 5.82 Å². The van der Waals surface area contributed by atoms with Gasteiger partial charge in [-0.1, -0.05) is 12.8 Å². The summed E-state index contributed by atoms with van der Waals surface area (Å²) in [6.07, 6.45) is 15.0. The number of carbonyl (C=O) groups excluding carboxylic acids is 1. The van der Waals surface area contributed by atoms with Gasteiger partial charge in [-0.05, 0) is 76.0 Å². The van der Waals surface area contributed by atoms with Crippen molar-refractivity contribution in [1.82, 2.24) is 15.3 Å². The number of rotatable bonds is 7. The van der Waals surface area contributed by atoms with Crippen LogP contribution in [0.5, 0.6) is 0 Å². The Morgan fingerprint density at radius 2 is 1.67 bits per heavy atom. The number of hydrogen-bond donors (Lipinski definition) is 2. The van der Waals surface area contributed by atoms with E-state index in [1.54, 1.807) is 0 Å². The highest BCUT2D eigenvalue weighted by Gasteiger charge is 2.25. The summed E-state index contributed by atoms with van der Waals surface area (Å²) in [4.78, 5) is 24.1. The van der Waals surface area contributed by atoms with E-state index in [2.05, 4.69) is 29.6 Å². The molecule has 1 heterocycles. The minimum Gasteiger partial charge on any atom is -0.362 e. The van der Waals surface area contributed by atoms with Gasteiger partial charge < -0.3 is 15.5 Å². The number of amides is 1. The summed E-state index contributed by atoms with van der Waals surface area (Å²) in [5.41, 5.74) is 2.58. The lowest BCUT2D eigenvalue weighted by Crippen LogP contribution is -2.34. The molecule has 1 aromatic heterocycles. The second-order valence-electron chi connectivity index (χ2n) is 9.92. The predicted octanol–water partition coefficient (Wildman–Crippen LogP) is 4.09. The molecule has 0 radical (unpaired) electrons. The van der Waals surface area contributed by atoms with Crippen LogP contribution >= 0.6 is 0 Å². The number of aromatic nitrogens is 2. The van der Waals surface area contributed by atoms with Crippen LogP contribution in [0.25, 0.3) is 0 Å². The molecule has 0 bridgehead atoms. The van der Waals surface area contributed by atoms with Crippen LogP contribution in [0.2, 0.25) is 0 Å². The molecule has 3 aliphatic rings. The zero-order chi connectivity index (χ0) is 20.9. The SMILES string of the molecule is CN(C)c1nc(N[C@H]2CC[C@@H](CNC(=O)CC3CCCC3)CC2)nc2c1CCCC2. The van der Waals surface area contributed by atoms with Gasteiger partial charge in [0.25, 0.3) is 0 Å². The third kappa shape index (κ3) is 5.44. The van der Waals surface area contributed by atoms with Crippen molar-refractivity contribution in [3.63, 3.8) is 0 Å². The molecule has 6 heteroatoms. The lowest BCUT2D eigenvalue weighted by atomic mass is 9.86. The van der Waals surface area contributed by atoms with E-state index in [1.165, 1.54) is 49.8 Å². The second kappa shape index (κ2) is 9.97. The highest BCUT2D eigenvalue weighted by atomic mass is 16.1. The summed E-state index contributed by atoms with van der Waals surface area (Å²) in [5.74, 6) is 3.39. The largest absolute Gasteiger partial charge is 0.362 e. The summed E-state index contributed by atoms with van der Waals surface area (Å²) in [7, 11) is 4.15. The molecule has 1 aromatic rings. The van der Waals surface area contributed by atoms with E-state index in [-0.39, 0.29) is 5.91 Å². The van der Waals surface area contributed by atoms with Crippen molar-refractivity contribution in [1.29, 1.82) is 0 Å². The van der Waals surface area contributed by atoms with E-state index in [0.717, 1.165) is 63.3 Å². The predicted molar refractivity (Wildman–Crippen MR) is 122 cm³/mol. The number of fused-ring (bicyclic) bond motifs is 1. The number of nitrogens with zero attached hydrogens (tertiary/aromatic N) is 3. The van der Waals surface area contributed by atoms with E-state index < -0.39 is 0 Å². The summed E-state index contributed by atoms with van der Waals surface area (Å²) >= 11 is 0. The maximum absolute atomic E-state index is 12.2. The van der Waals surface area contributed by atoms with Crippen LogP contribution in [0.3, 0.4) is 0 Å². The number of hydrogen-bond acceptors (Lipinski definition) is 5. The molecule has 30 heavy (non-hydrogen) atoms. The van der Waals surface area contributed by atoms with Crippen LogP contribution in [0.15, 0.2) is 0 Å². The minimum absolute atomic E-state index is 0.265. The molecule has 0 atom stereocenters. The maximum atomic E-state index is 12.2. The van der Waals surface area contributed by atoms with E-state index in [9.17, 15) is 4.79 Å². The van der Waals surface area contributed by atoms with Gasteiger partial charge >= 0.3 is 0 Å². The molecule has 0 aliphatic heterocycles. The van der Waals surface area contributed by atoms with Gasteiger partial charge in [0, 0.05) is 38.7 Å². The standard InChI is InChI=1S/C24H39N5O/c1-29(2)23-20-9-5-6-10-21(20)27-24(28-23)26-19-13-11-18(12-14-19)16-25-22(30)15-17-7-3-4-8-17/h17-19H,3-16H2,1-2H3,(H,25,30)(H,26,27,28)/t18-,19+. The van der Waals surface area contributed by atoms with Crippen molar-refractivity contribution in [3.8, 4) is 0 Å². The van der Waals surface area contributed by atoms with Gasteiger partial charge in [-0.2, -0.15) is 4.98 Å². The quantitative estimate of drug-likeness (QED) is 0.705. The van der Waals surface area contributed by atoms with E-state index >= 15 is 0 Å². The fourth-order valence-corrected chi connectivity index (χ4v) is 5.51. The van der Waals surface area contributed by atoms with Gasteiger partial charge in [0.15, 0.2) is 0 Å². The lowest BCUT2D eigenvalue weighted by Gasteiger charge is -2.30. The van der Waals surface area contributed by atoms with Crippen LogP contribution in [0, 0.1) is 11.8 Å². The summed E-state index contributed by atoms with van der Waals surface area (Å²) in [5, 5.41) is 6.83. The molecule has 0 unspecified atom stereocenters. The Labute approximate surface area is 181 Å². The highest BCUT2D eigenvalue weighted by Crippen LogP contribution is 2.31. The average Bonchev–Trinajstić information content (AvgIpc) is 3.25. The highest BCUT2D eigenvalue weighted by molar-refractivity contribution is 5.76. The maximum Gasteiger partial charge on any atom is 0.225 e. The molecule has 2 saturated carbocycles. The fraction of sp³-hybridized carbons (Fsp3) is 0.792. The van der Waals surface area contributed by atoms with Crippen molar-refractivity contribution < 1.29 is 4.79 Å². The monoisotopic (exact) mass is 413 g/mol. The molecule has 0 saturated heterocycles. The molecule has 6 nitrogen and oxygen atoms in total. The smallest absolute Gasteiger partial charge is 0.225 e. The van der Waals surface area contributed by atoms with Crippen LogP contribution < -0.4 is 15.5 Å². The Kier molecular flexibility index (Phi) is 7.11. The zero-order valence-electron chi connectivity index (χ0n) is 18.9. The number of nitrogens with one attached hydrogen (secondary N) is 2. The van der Waals surface area contributed by atoms with Gasteiger partial charge in [-0.15, -0.1) is 0 Å². The molecule has 3 aliphatic carbocycles. The van der Waals surface area contributed by atoms with Crippen molar-refractivity contribution in [2.45, 2.75) is 89.5 Å². The molecular weight excluding hydrogens is 374 g/mol. The molecule has 0 spiro atoms.